The summed E-state index contributed by atoms with van der Waals surface area (Å²) in [5.41, 5.74) is 0.923. The van der Waals surface area contributed by atoms with Crippen molar-refractivity contribution >= 4 is 57.8 Å². The van der Waals surface area contributed by atoms with Crippen LogP contribution in [0.15, 0.2) is 29.2 Å². The van der Waals surface area contributed by atoms with E-state index < -0.39 is 0 Å². The molecule has 2 fully saturated rings. The summed E-state index contributed by atoms with van der Waals surface area (Å²) in [6, 6.07) is 7.35. The fourth-order valence-electron chi connectivity index (χ4n) is 3.10. The molecule has 150 valence electrons. The van der Waals surface area contributed by atoms with Crippen LogP contribution < -0.4 is 0 Å². The molecule has 1 aromatic rings. The number of thiocarbonyl (C=S) groups is 1. The van der Waals surface area contributed by atoms with Crippen molar-refractivity contribution < 1.29 is 14.3 Å². The Kier molecular flexibility index (Phi) is 7.91. The maximum absolute atomic E-state index is 12.6. The first-order valence-corrected chi connectivity index (χ1v) is 11.0. The number of unbranched alkanes of at least 4 members (excludes halogenated alkanes) is 2. The number of carbonyl (C=O) groups is 2. The van der Waals surface area contributed by atoms with Crippen LogP contribution >= 0.6 is 35.6 Å². The molecule has 2 aliphatic rings. The Hall–Kier alpha value is -1.41. The summed E-state index contributed by atoms with van der Waals surface area (Å²) in [4.78, 5) is 28.9. The number of nitrogens with zero attached hydrogens (tertiary/aromatic N) is 2. The number of hydrogen-bond donors (Lipinski definition) is 0. The minimum Gasteiger partial charge on any atom is -0.378 e. The zero-order valence-corrected chi connectivity index (χ0v) is 18.0. The molecular weight excluding hydrogens is 416 g/mol. The van der Waals surface area contributed by atoms with Gasteiger partial charge in [-0.25, -0.2) is 0 Å². The summed E-state index contributed by atoms with van der Waals surface area (Å²) >= 11 is 12.6. The normalized spacial score (nSPS) is 19.0. The molecule has 0 bridgehead atoms. The van der Waals surface area contributed by atoms with Crippen LogP contribution in [0.1, 0.15) is 31.2 Å². The fraction of sp³-hybridized carbons (Fsp3) is 0.450. The average molecular weight is 439 g/mol. The molecule has 0 unspecified atom stereocenters. The van der Waals surface area contributed by atoms with Gasteiger partial charge in [0.2, 0.25) is 5.91 Å². The average Bonchev–Trinajstić information content (AvgIpc) is 2.97. The van der Waals surface area contributed by atoms with Gasteiger partial charge in [-0.2, -0.15) is 0 Å². The van der Waals surface area contributed by atoms with Gasteiger partial charge >= 0.3 is 0 Å². The highest BCUT2D eigenvalue weighted by molar-refractivity contribution is 8.26. The van der Waals surface area contributed by atoms with Crippen LogP contribution in [0.25, 0.3) is 6.08 Å². The molecule has 2 aliphatic heterocycles. The number of amides is 2. The Morgan fingerprint density at radius 3 is 2.61 bits per heavy atom. The van der Waals surface area contributed by atoms with Crippen molar-refractivity contribution in [1.29, 1.82) is 0 Å². The van der Waals surface area contributed by atoms with Gasteiger partial charge in [0, 0.05) is 31.1 Å². The summed E-state index contributed by atoms with van der Waals surface area (Å²) in [6.45, 7) is 3.23. The minimum atomic E-state index is -0.0469. The zero-order valence-electron chi connectivity index (χ0n) is 15.6. The summed E-state index contributed by atoms with van der Waals surface area (Å²) in [6.07, 6.45) is 4.94. The second-order valence-corrected chi connectivity index (χ2v) is 8.80. The smallest absolute Gasteiger partial charge is 0.266 e. The molecule has 0 atom stereocenters. The van der Waals surface area contributed by atoms with Crippen molar-refractivity contribution in [2.45, 2.75) is 25.7 Å². The number of carbonyl (C=O) groups excluding carboxylic acids is 2. The molecule has 2 heterocycles. The molecule has 1 aromatic carbocycles. The SMILES string of the molecule is O=C(CCCCCN1C(=O)C(=Cc2ccc(Cl)cc2)SC1=S)N1CCOCC1. The number of morpholine rings is 1. The number of halogens is 1. The number of ether oxygens (including phenoxy) is 1. The summed E-state index contributed by atoms with van der Waals surface area (Å²) in [5.74, 6) is 0.147. The molecule has 5 nitrogen and oxygen atoms in total. The standard InChI is InChI=1S/C20H23ClN2O3S2/c21-16-7-5-15(6-8-16)14-17-19(25)23(20(27)28-17)9-3-1-2-4-18(24)22-10-12-26-13-11-22/h5-8,14H,1-4,9-13H2. The lowest BCUT2D eigenvalue weighted by Gasteiger charge is -2.26. The molecule has 2 saturated heterocycles. The van der Waals surface area contributed by atoms with Gasteiger partial charge in [-0.15, -0.1) is 0 Å². The monoisotopic (exact) mass is 438 g/mol. The fourth-order valence-corrected chi connectivity index (χ4v) is 4.53. The molecular formula is C20H23ClN2O3S2. The van der Waals surface area contributed by atoms with Crippen molar-refractivity contribution in [2.24, 2.45) is 0 Å². The van der Waals surface area contributed by atoms with Gasteiger partial charge in [0.25, 0.3) is 5.91 Å². The number of rotatable bonds is 7. The Balaban J connectivity index is 1.42. The van der Waals surface area contributed by atoms with E-state index in [9.17, 15) is 9.59 Å². The second kappa shape index (κ2) is 10.4. The Bertz CT molecular complexity index is 761. The lowest BCUT2D eigenvalue weighted by molar-refractivity contribution is -0.135. The van der Waals surface area contributed by atoms with E-state index >= 15 is 0 Å². The molecule has 8 heteroatoms. The van der Waals surface area contributed by atoms with E-state index in [1.165, 1.54) is 11.8 Å². The molecule has 0 radical (unpaired) electrons. The molecule has 28 heavy (non-hydrogen) atoms. The Morgan fingerprint density at radius 2 is 1.89 bits per heavy atom. The van der Waals surface area contributed by atoms with Crippen molar-refractivity contribution in [3.05, 3.63) is 39.8 Å². The van der Waals surface area contributed by atoms with Crippen LogP contribution in [0.5, 0.6) is 0 Å². The van der Waals surface area contributed by atoms with Crippen molar-refractivity contribution in [3.8, 4) is 0 Å². The zero-order chi connectivity index (χ0) is 19.9. The molecule has 0 spiro atoms. The van der Waals surface area contributed by atoms with Crippen molar-refractivity contribution in [3.63, 3.8) is 0 Å². The summed E-state index contributed by atoms with van der Waals surface area (Å²) in [7, 11) is 0. The van der Waals surface area contributed by atoms with Gasteiger partial charge in [0.15, 0.2) is 0 Å². The lowest BCUT2D eigenvalue weighted by Crippen LogP contribution is -2.40. The quantitative estimate of drug-likeness (QED) is 0.366. The highest BCUT2D eigenvalue weighted by atomic mass is 35.5. The van der Waals surface area contributed by atoms with Gasteiger partial charge in [-0.1, -0.05) is 54.1 Å². The van der Waals surface area contributed by atoms with E-state index in [0.29, 0.717) is 53.5 Å². The molecule has 0 saturated carbocycles. The summed E-state index contributed by atoms with van der Waals surface area (Å²) in [5, 5.41) is 0.664. The third kappa shape index (κ3) is 5.80. The maximum Gasteiger partial charge on any atom is 0.266 e. The van der Waals surface area contributed by atoms with E-state index in [1.807, 2.05) is 23.1 Å². The molecule has 0 aliphatic carbocycles. The summed E-state index contributed by atoms with van der Waals surface area (Å²) < 4.78 is 5.86. The van der Waals surface area contributed by atoms with E-state index in [-0.39, 0.29) is 11.8 Å². The predicted molar refractivity (Wildman–Crippen MR) is 117 cm³/mol. The number of thioether (sulfide) groups is 1. The largest absolute Gasteiger partial charge is 0.378 e. The van der Waals surface area contributed by atoms with Gasteiger partial charge in [0.05, 0.1) is 18.1 Å². The van der Waals surface area contributed by atoms with Crippen LogP contribution in [0.2, 0.25) is 5.02 Å². The van der Waals surface area contributed by atoms with E-state index in [4.69, 9.17) is 28.6 Å². The third-order valence-corrected chi connectivity index (χ3v) is 6.31. The highest BCUT2D eigenvalue weighted by Gasteiger charge is 2.31. The topological polar surface area (TPSA) is 49.9 Å². The maximum atomic E-state index is 12.6. The van der Waals surface area contributed by atoms with E-state index in [0.717, 1.165) is 24.8 Å². The lowest BCUT2D eigenvalue weighted by atomic mass is 10.1. The predicted octanol–water partition coefficient (Wildman–Crippen LogP) is 3.96. The minimum absolute atomic E-state index is 0.0469. The van der Waals surface area contributed by atoms with Crippen LogP contribution in [-0.2, 0) is 14.3 Å². The van der Waals surface area contributed by atoms with Crippen LogP contribution in [0.4, 0.5) is 0 Å². The highest BCUT2D eigenvalue weighted by Crippen LogP contribution is 2.33. The first kappa shape index (κ1) is 21.3. The molecule has 0 N–H and O–H groups in total. The van der Waals surface area contributed by atoms with Gasteiger partial charge in [-0.3, -0.25) is 14.5 Å². The van der Waals surface area contributed by atoms with E-state index in [1.54, 1.807) is 17.0 Å². The van der Waals surface area contributed by atoms with Gasteiger partial charge in [-0.05, 0) is 36.6 Å². The van der Waals surface area contributed by atoms with Crippen LogP contribution in [0, 0.1) is 0 Å². The molecule has 0 aromatic heterocycles. The Morgan fingerprint density at radius 1 is 1.18 bits per heavy atom. The first-order chi connectivity index (χ1) is 13.5. The molecule has 2 amide bonds. The van der Waals surface area contributed by atoms with Gasteiger partial charge < -0.3 is 9.64 Å². The van der Waals surface area contributed by atoms with Crippen LogP contribution in [0.3, 0.4) is 0 Å². The number of benzene rings is 1. The Labute approximate surface area is 180 Å². The van der Waals surface area contributed by atoms with Crippen LogP contribution in [-0.4, -0.2) is 58.8 Å². The van der Waals surface area contributed by atoms with Gasteiger partial charge in [0.1, 0.15) is 4.32 Å². The third-order valence-electron chi connectivity index (χ3n) is 4.68. The van der Waals surface area contributed by atoms with Crippen molar-refractivity contribution in [2.75, 3.05) is 32.8 Å². The van der Waals surface area contributed by atoms with E-state index in [2.05, 4.69) is 0 Å². The number of hydrogen-bond acceptors (Lipinski definition) is 5. The van der Waals surface area contributed by atoms with Crippen molar-refractivity contribution in [1.82, 2.24) is 9.80 Å². The molecule has 3 rings (SSSR count). The second-order valence-electron chi connectivity index (χ2n) is 6.69. The first-order valence-electron chi connectivity index (χ1n) is 9.41.